The highest BCUT2D eigenvalue weighted by atomic mass is 19.1. The molecule has 1 heterocycles. The first kappa shape index (κ1) is 8.89. The van der Waals surface area contributed by atoms with E-state index in [2.05, 4.69) is 11.9 Å². The van der Waals surface area contributed by atoms with Crippen molar-refractivity contribution in [1.82, 2.24) is 4.90 Å². The van der Waals surface area contributed by atoms with Crippen molar-refractivity contribution in [2.24, 2.45) is 0 Å². The molecule has 9 heavy (non-hydrogen) atoms. The Balaban J connectivity index is 0.000000291. The third kappa shape index (κ3) is 4.40. The van der Waals surface area contributed by atoms with E-state index in [4.69, 9.17) is 0 Å². The summed E-state index contributed by atoms with van der Waals surface area (Å²) >= 11 is 0. The summed E-state index contributed by atoms with van der Waals surface area (Å²) in [5.41, 5.74) is 0. The Morgan fingerprint density at radius 3 is 1.67 bits per heavy atom. The molecule has 1 rings (SSSR count). The van der Waals surface area contributed by atoms with E-state index in [-0.39, 0.29) is 0 Å². The molecule has 0 radical (unpaired) electrons. The lowest BCUT2D eigenvalue weighted by atomic mass is 10.1. The molecular weight excluding hydrogens is 117 g/mol. The molecule has 0 unspecified atom stereocenters. The molecule has 0 aliphatic carbocycles. The number of likely N-dealkylation sites (tertiary alicyclic amines) is 1. The van der Waals surface area contributed by atoms with Crippen LogP contribution in [0.4, 0.5) is 4.39 Å². The zero-order valence-electron chi connectivity index (χ0n) is 6.36. The van der Waals surface area contributed by atoms with Gasteiger partial charge in [0.2, 0.25) is 0 Å². The van der Waals surface area contributed by atoms with Crippen LogP contribution in [0.3, 0.4) is 0 Å². The number of alkyl halides is 1. The molecule has 0 aromatic rings. The summed E-state index contributed by atoms with van der Waals surface area (Å²) in [6.45, 7) is 2.64. The molecule has 0 atom stereocenters. The third-order valence-corrected chi connectivity index (χ3v) is 1.58. The van der Waals surface area contributed by atoms with Gasteiger partial charge in [0.25, 0.3) is 0 Å². The SMILES string of the molecule is CF.CN1CCCCC1. The van der Waals surface area contributed by atoms with Crippen molar-refractivity contribution in [3.63, 3.8) is 0 Å². The zero-order chi connectivity index (χ0) is 7.11. The first-order valence-corrected chi connectivity index (χ1v) is 3.46. The maximum atomic E-state index is 9.50. The van der Waals surface area contributed by atoms with Gasteiger partial charge in [0, 0.05) is 0 Å². The van der Waals surface area contributed by atoms with Crippen LogP contribution in [0.2, 0.25) is 0 Å². The fourth-order valence-electron chi connectivity index (χ4n) is 1.05. The number of halogens is 1. The molecule has 0 aromatic heterocycles. The highest BCUT2D eigenvalue weighted by molar-refractivity contribution is 4.58. The quantitative estimate of drug-likeness (QED) is 0.486. The molecule has 1 fully saturated rings. The van der Waals surface area contributed by atoms with Crippen molar-refractivity contribution < 1.29 is 4.39 Å². The Hall–Kier alpha value is -0.110. The largest absolute Gasteiger partial charge is 0.306 e. The molecule has 0 aromatic carbocycles. The second-order valence-corrected chi connectivity index (χ2v) is 2.36. The predicted molar refractivity (Wildman–Crippen MR) is 38.4 cm³/mol. The normalized spacial score (nSPS) is 20.3. The molecule has 1 aliphatic heterocycles. The molecule has 0 N–H and O–H groups in total. The second-order valence-electron chi connectivity index (χ2n) is 2.36. The van der Waals surface area contributed by atoms with Gasteiger partial charge in [0.15, 0.2) is 0 Å². The summed E-state index contributed by atoms with van der Waals surface area (Å²) in [5, 5.41) is 0. The average Bonchev–Trinajstić information content (AvgIpc) is 1.94. The highest BCUT2D eigenvalue weighted by Gasteiger charge is 2.02. The second kappa shape index (κ2) is 6.02. The number of hydrogen-bond acceptors (Lipinski definition) is 1. The maximum absolute atomic E-state index is 9.50. The van der Waals surface area contributed by atoms with E-state index in [9.17, 15) is 4.39 Å². The molecule has 1 nitrogen and oxygen atoms in total. The zero-order valence-corrected chi connectivity index (χ0v) is 6.36. The van der Waals surface area contributed by atoms with Crippen LogP contribution in [0.5, 0.6) is 0 Å². The fourth-order valence-corrected chi connectivity index (χ4v) is 1.05. The van der Waals surface area contributed by atoms with Crippen LogP contribution in [-0.2, 0) is 0 Å². The Labute approximate surface area is 56.9 Å². The Bertz CT molecular complexity index is 50.9. The monoisotopic (exact) mass is 133 g/mol. The lowest BCUT2D eigenvalue weighted by Gasteiger charge is -2.20. The molecular formula is C7H16FN. The van der Waals surface area contributed by atoms with Gasteiger partial charge in [-0.05, 0) is 33.0 Å². The minimum atomic E-state index is 0.500. The van der Waals surface area contributed by atoms with Crippen molar-refractivity contribution in [2.45, 2.75) is 19.3 Å². The summed E-state index contributed by atoms with van der Waals surface area (Å²) in [5.74, 6) is 0. The van der Waals surface area contributed by atoms with Crippen molar-refractivity contribution in [3.8, 4) is 0 Å². The summed E-state index contributed by atoms with van der Waals surface area (Å²) in [6.07, 6.45) is 4.28. The Morgan fingerprint density at radius 1 is 1.00 bits per heavy atom. The van der Waals surface area contributed by atoms with Crippen LogP contribution in [0.1, 0.15) is 19.3 Å². The van der Waals surface area contributed by atoms with Gasteiger partial charge in [-0.25, -0.2) is 0 Å². The van der Waals surface area contributed by atoms with E-state index in [1.807, 2.05) is 0 Å². The van der Waals surface area contributed by atoms with Crippen LogP contribution in [0.25, 0.3) is 0 Å². The van der Waals surface area contributed by atoms with Gasteiger partial charge in [-0.15, -0.1) is 0 Å². The van der Waals surface area contributed by atoms with E-state index < -0.39 is 0 Å². The van der Waals surface area contributed by atoms with Crippen molar-refractivity contribution in [3.05, 3.63) is 0 Å². The topological polar surface area (TPSA) is 3.24 Å². The van der Waals surface area contributed by atoms with E-state index in [0.29, 0.717) is 7.18 Å². The van der Waals surface area contributed by atoms with Gasteiger partial charge in [-0.3, -0.25) is 4.39 Å². The molecule has 0 bridgehead atoms. The first-order chi connectivity index (χ1) is 4.39. The number of piperidine rings is 1. The molecule has 1 saturated heterocycles. The summed E-state index contributed by atoms with van der Waals surface area (Å²) in [7, 11) is 2.69. The smallest absolute Gasteiger partial charge is 0.0785 e. The van der Waals surface area contributed by atoms with E-state index >= 15 is 0 Å². The standard InChI is InChI=1S/C6H13N.CH3F/c1-7-5-3-2-4-6-7;1-2/h2-6H2,1H3;1H3. The van der Waals surface area contributed by atoms with Gasteiger partial charge in [0.05, 0.1) is 7.18 Å². The molecule has 0 amide bonds. The Morgan fingerprint density at radius 2 is 1.44 bits per heavy atom. The minimum absolute atomic E-state index is 0.500. The van der Waals surface area contributed by atoms with Gasteiger partial charge in [-0.2, -0.15) is 0 Å². The van der Waals surface area contributed by atoms with Crippen molar-refractivity contribution >= 4 is 0 Å². The molecule has 0 saturated carbocycles. The highest BCUT2D eigenvalue weighted by Crippen LogP contribution is 2.04. The fraction of sp³-hybridized carbons (Fsp3) is 1.00. The maximum Gasteiger partial charge on any atom is 0.0785 e. The van der Waals surface area contributed by atoms with Gasteiger partial charge < -0.3 is 4.90 Å². The molecule has 0 spiro atoms. The van der Waals surface area contributed by atoms with Crippen LogP contribution < -0.4 is 0 Å². The van der Waals surface area contributed by atoms with Crippen LogP contribution in [0.15, 0.2) is 0 Å². The third-order valence-electron chi connectivity index (χ3n) is 1.58. The van der Waals surface area contributed by atoms with E-state index in [0.717, 1.165) is 0 Å². The van der Waals surface area contributed by atoms with Gasteiger partial charge in [-0.1, -0.05) is 6.42 Å². The van der Waals surface area contributed by atoms with Crippen LogP contribution in [0, 0.1) is 0 Å². The Kier molecular flexibility index (Phi) is 5.94. The van der Waals surface area contributed by atoms with Crippen molar-refractivity contribution in [2.75, 3.05) is 27.3 Å². The van der Waals surface area contributed by atoms with Crippen molar-refractivity contribution in [1.29, 1.82) is 0 Å². The summed E-state index contributed by atoms with van der Waals surface area (Å²) < 4.78 is 9.50. The molecule has 2 heteroatoms. The minimum Gasteiger partial charge on any atom is -0.306 e. The molecule has 1 aliphatic rings. The number of nitrogens with zero attached hydrogens (tertiary/aromatic N) is 1. The van der Waals surface area contributed by atoms with Crippen LogP contribution in [-0.4, -0.2) is 32.2 Å². The van der Waals surface area contributed by atoms with Crippen LogP contribution >= 0.6 is 0 Å². The van der Waals surface area contributed by atoms with E-state index in [1.165, 1.54) is 32.4 Å². The lowest BCUT2D eigenvalue weighted by molar-refractivity contribution is 0.277. The number of hydrogen-bond donors (Lipinski definition) is 0. The average molecular weight is 133 g/mol. The molecule has 56 valence electrons. The van der Waals surface area contributed by atoms with E-state index in [1.54, 1.807) is 0 Å². The summed E-state index contributed by atoms with van der Waals surface area (Å²) in [4.78, 5) is 2.39. The predicted octanol–water partition coefficient (Wildman–Crippen LogP) is 1.69. The van der Waals surface area contributed by atoms with Gasteiger partial charge in [0.1, 0.15) is 0 Å². The van der Waals surface area contributed by atoms with Gasteiger partial charge >= 0.3 is 0 Å². The summed E-state index contributed by atoms with van der Waals surface area (Å²) in [6, 6.07) is 0. The first-order valence-electron chi connectivity index (χ1n) is 3.46. The lowest BCUT2D eigenvalue weighted by Crippen LogP contribution is -2.24. The number of rotatable bonds is 0.